The number of aromatic nitrogens is 1. The first-order valence-electron chi connectivity index (χ1n) is 7.84. The summed E-state index contributed by atoms with van der Waals surface area (Å²) in [4.78, 5) is 4.05. The standard InChI is InChI=1S/C16H26N2O4S/c1-15(2,22-3)12-23(20,21)18-14-6-8-16(19,9-7-14)13-5-4-10-17-11-13/h4-5,10-11,14,18-19H,6-9,12H2,1-3H3. The highest BCUT2D eigenvalue weighted by molar-refractivity contribution is 7.89. The molecule has 0 amide bonds. The Hall–Kier alpha value is -1.02. The lowest BCUT2D eigenvalue weighted by molar-refractivity contribution is -0.00680. The molecule has 0 aromatic carbocycles. The minimum atomic E-state index is -3.42. The van der Waals surface area contributed by atoms with Gasteiger partial charge in [-0.05, 0) is 45.6 Å². The molecule has 6 nitrogen and oxygen atoms in total. The molecule has 2 rings (SSSR count). The van der Waals surface area contributed by atoms with Crippen LogP contribution < -0.4 is 4.72 Å². The number of methoxy groups -OCH3 is 1. The summed E-state index contributed by atoms with van der Waals surface area (Å²) in [6, 6.07) is 3.51. The molecule has 0 saturated heterocycles. The maximum absolute atomic E-state index is 12.2. The van der Waals surface area contributed by atoms with Gasteiger partial charge < -0.3 is 9.84 Å². The van der Waals surface area contributed by atoms with Gasteiger partial charge >= 0.3 is 0 Å². The van der Waals surface area contributed by atoms with Gasteiger partial charge in [0.25, 0.3) is 0 Å². The summed E-state index contributed by atoms with van der Waals surface area (Å²) < 4.78 is 32.4. The first kappa shape index (κ1) is 18.3. The summed E-state index contributed by atoms with van der Waals surface area (Å²) in [7, 11) is -1.92. The maximum atomic E-state index is 12.2. The third-order valence-electron chi connectivity index (χ3n) is 4.45. The summed E-state index contributed by atoms with van der Waals surface area (Å²) in [5.74, 6) is -0.0835. The van der Waals surface area contributed by atoms with Crippen LogP contribution in [-0.4, -0.2) is 43.0 Å². The molecule has 2 N–H and O–H groups in total. The van der Waals surface area contributed by atoms with Crippen LogP contribution in [0, 0.1) is 0 Å². The second-order valence-corrected chi connectivity index (χ2v) is 8.64. The maximum Gasteiger partial charge on any atom is 0.214 e. The zero-order chi connectivity index (χ0) is 17.1. The lowest BCUT2D eigenvalue weighted by Crippen LogP contribution is -2.46. The Morgan fingerprint density at radius 2 is 2.09 bits per heavy atom. The van der Waals surface area contributed by atoms with E-state index < -0.39 is 21.2 Å². The van der Waals surface area contributed by atoms with Gasteiger partial charge in [0.1, 0.15) is 0 Å². The van der Waals surface area contributed by atoms with Crippen LogP contribution >= 0.6 is 0 Å². The molecule has 0 atom stereocenters. The number of sulfonamides is 1. The molecular formula is C16H26N2O4S. The first-order valence-corrected chi connectivity index (χ1v) is 9.49. The lowest BCUT2D eigenvalue weighted by Gasteiger charge is -2.36. The molecule has 1 aliphatic carbocycles. The Balaban J connectivity index is 1.95. The van der Waals surface area contributed by atoms with Crippen molar-refractivity contribution in [3.8, 4) is 0 Å². The van der Waals surface area contributed by atoms with E-state index in [9.17, 15) is 13.5 Å². The van der Waals surface area contributed by atoms with Gasteiger partial charge in [-0.1, -0.05) is 6.07 Å². The first-order chi connectivity index (χ1) is 10.7. The van der Waals surface area contributed by atoms with Gasteiger partial charge in [-0.3, -0.25) is 4.98 Å². The molecule has 1 fully saturated rings. The normalized spacial score (nSPS) is 26.2. The van der Waals surface area contributed by atoms with E-state index in [1.807, 2.05) is 6.07 Å². The van der Waals surface area contributed by atoms with Crippen LogP contribution in [0.4, 0.5) is 0 Å². The van der Waals surface area contributed by atoms with Gasteiger partial charge in [-0.15, -0.1) is 0 Å². The van der Waals surface area contributed by atoms with Crippen LogP contribution in [0.5, 0.6) is 0 Å². The number of rotatable bonds is 6. The fourth-order valence-electron chi connectivity index (χ4n) is 2.95. The largest absolute Gasteiger partial charge is 0.385 e. The topological polar surface area (TPSA) is 88.5 Å². The average Bonchev–Trinajstić information content (AvgIpc) is 2.49. The van der Waals surface area contributed by atoms with Crippen molar-refractivity contribution in [3.63, 3.8) is 0 Å². The third-order valence-corrected chi connectivity index (χ3v) is 6.22. The van der Waals surface area contributed by atoms with Crippen molar-refractivity contribution in [3.05, 3.63) is 30.1 Å². The van der Waals surface area contributed by atoms with Gasteiger partial charge in [0.2, 0.25) is 10.0 Å². The SMILES string of the molecule is COC(C)(C)CS(=O)(=O)NC1CCC(O)(c2cccnc2)CC1. The second kappa shape index (κ2) is 6.84. The summed E-state index contributed by atoms with van der Waals surface area (Å²) in [5.41, 5.74) is -0.847. The molecule has 0 spiro atoms. The van der Waals surface area contributed by atoms with Gasteiger partial charge in [0.15, 0.2) is 0 Å². The Morgan fingerprint density at radius 3 is 2.61 bits per heavy atom. The zero-order valence-electron chi connectivity index (χ0n) is 13.9. The van der Waals surface area contributed by atoms with Gasteiger partial charge in [0, 0.05) is 31.1 Å². The molecule has 0 unspecified atom stereocenters. The quantitative estimate of drug-likeness (QED) is 0.819. The highest BCUT2D eigenvalue weighted by Crippen LogP contribution is 2.36. The van der Waals surface area contributed by atoms with Crippen LogP contribution in [0.15, 0.2) is 24.5 Å². The van der Waals surface area contributed by atoms with Gasteiger partial charge in [0.05, 0.1) is 17.0 Å². The fourth-order valence-corrected chi connectivity index (χ4v) is 4.81. The Morgan fingerprint density at radius 1 is 1.43 bits per heavy atom. The molecule has 1 heterocycles. The fraction of sp³-hybridized carbons (Fsp3) is 0.688. The number of aliphatic hydroxyl groups is 1. The van der Waals surface area contributed by atoms with Crippen molar-refractivity contribution >= 4 is 10.0 Å². The number of nitrogens with one attached hydrogen (secondary N) is 1. The highest BCUT2D eigenvalue weighted by Gasteiger charge is 2.37. The predicted molar refractivity (Wildman–Crippen MR) is 88.4 cm³/mol. The molecule has 0 bridgehead atoms. The van der Waals surface area contributed by atoms with Crippen molar-refractivity contribution in [1.29, 1.82) is 0 Å². The highest BCUT2D eigenvalue weighted by atomic mass is 32.2. The molecule has 1 aromatic rings. The van der Waals surface area contributed by atoms with Crippen molar-refractivity contribution in [2.45, 2.75) is 56.8 Å². The van der Waals surface area contributed by atoms with E-state index in [4.69, 9.17) is 4.74 Å². The van der Waals surface area contributed by atoms with Crippen LogP contribution in [0.1, 0.15) is 45.1 Å². The van der Waals surface area contributed by atoms with Gasteiger partial charge in [-0.25, -0.2) is 13.1 Å². The van der Waals surface area contributed by atoms with Crippen LogP contribution in [0.2, 0.25) is 0 Å². The minimum absolute atomic E-state index is 0.0835. The number of pyridine rings is 1. The van der Waals surface area contributed by atoms with E-state index in [0.29, 0.717) is 25.7 Å². The minimum Gasteiger partial charge on any atom is -0.385 e. The van der Waals surface area contributed by atoms with E-state index in [1.165, 1.54) is 7.11 Å². The molecule has 130 valence electrons. The van der Waals surface area contributed by atoms with Crippen LogP contribution in [0.3, 0.4) is 0 Å². The van der Waals surface area contributed by atoms with Crippen molar-refractivity contribution < 1.29 is 18.3 Å². The zero-order valence-corrected chi connectivity index (χ0v) is 14.8. The van der Waals surface area contributed by atoms with E-state index in [0.717, 1.165) is 5.56 Å². The van der Waals surface area contributed by atoms with Crippen molar-refractivity contribution in [1.82, 2.24) is 9.71 Å². The number of hydrogen-bond donors (Lipinski definition) is 2. The Labute approximate surface area is 138 Å². The van der Waals surface area contributed by atoms with E-state index >= 15 is 0 Å². The Bertz CT molecular complexity index is 608. The molecule has 1 aromatic heterocycles. The lowest BCUT2D eigenvalue weighted by atomic mass is 9.78. The molecular weight excluding hydrogens is 316 g/mol. The molecule has 0 radical (unpaired) electrons. The van der Waals surface area contributed by atoms with Crippen LogP contribution in [0.25, 0.3) is 0 Å². The summed E-state index contributed by atoms with van der Waals surface area (Å²) in [6.45, 7) is 3.49. The van der Waals surface area contributed by atoms with Crippen molar-refractivity contribution in [2.75, 3.05) is 12.9 Å². The smallest absolute Gasteiger partial charge is 0.214 e. The summed E-state index contributed by atoms with van der Waals surface area (Å²) in [5, 5.41) is 10.7. The summed E-state index contributed by atoms with van der Waals surface area (Å²) >= 11 is 0. The van der Waals surface area contributed by atoms with Crippen molar-refractivity contribution in [2.24, 2.45) is 0 Å². The van der Waals surface area contributed by atoms with E-state index in [1.54, 1.807) is 32.3 Å². The number of nitrogens with zero attached hydrogens (tertiary/aromatic N) is 1. The molecule has 7 heteroatoms. The van der Waals surface area contributed by atoms with E-state index in [2.05, 4.69) is 9.71 Å². The number of hydrogen-bond acceptors (Lipinski definition) is 5. The number of ether oxygens (including phenoxy) is 1. The average molecular weight is 342 g/mol. The molecule has 23 heavy (non-hydrogen) atoms. The molecule has 1 saturated carbocycles. The molecule has 1 aliphatic rings. The summed E-state index contributed by atoms with van der Waals surface area (Å²) in [6.07, 6.45) is 5.56. The third kappa shape index (κ3) is 4.97. The van der Waals surface area contributed by atoms with E-state index in [-0.39, 0.29) is 11.8 Å². The van der Waals surface area contributed by atoms with Crippen LogP contribution in [-0.2, 0) is 20.4 Å². The molecule has 0 aliphatic heterocycles. The monoisotopic (exact) mass is 342 g/mol. The van der Waals surface area contributed by atoms with Gasteiger partial charge in [-0.2, -0.15) is 0 Å². The predicted octanol–water partition coefficient (Wildman–Crippen LogP) is 1.56. The second-order valence-electron chi connectivity index (χ2n) is 6.89. The Kier molecular flexibility index (Phi) is 5.45.